The number of carboxylic acids is 5. The molecule has 106 heavy (non-hydrogen) atoms. The topological polar surface area (TPSA) is 329 Å². The fourth-order valence-corrected chi connectivity index (χ4v) is 13.3. The van der Waals surface area contributed by atoms with Gasteiger partial charge >= 0.3 is 35.8 Å². The molecule has 1 unspecified atom stereocenters. The summed E-state index contributed by atoms with van der Waals surface area (Å²) in [4.78, 5) is 121. The lowest BCUT2D eigenvalue weighted by atomic mass is 9.87. The summed E-state index contributed by atoms with van der Waals surface area (Å²) in [5.74, 6) is -7.68. The van der Waals surface area contributed by atoms with Gasteiger partial charge in [-0.15, -0.1) is 0 Å². The SMILES string of the molecule is CCCCCCCCCCCCCCCC(=O)OCC(COCCOCCOCCOCCNC(=O)CC(C(=O)O)N(CCN(CC(=O)O)CC(=O)O)CCN(CC(=O)O)CC(=O)O)(CN(CC)C(=O)CCCCCCCCCCCCCCC)CN(CC)C(=O)CCCCCCCCCCCCCCC. The Bertz CT molecular complexity index is 2090. The van der Waals surface area contributed by atoms with Gasteiger partial charge in [0.15, 0.2) is 0 Å². The van der Waals surface area contributed by atoms with Gasteiger partial charge in [0.2, 0.25) is 17.7 Å². The van der Waals surface area contributed by atoms with Crippen molar-refractivity contribution >= 4 is 53.5 Å². The van der Waals surface area contributed by atoms with Crippen molar-refractivity contribution in [3.63, 3.8) is 0 Å². The average Bonchev–Trinajstić information content (AvgIpc) is 0.824. The van der Waals surface area contributed by atoms with Crippen molar-refractivity contribution in [1.29, 1.82) is 0 Å². The van der Waals surface area contributed by atoms with Crippen molar-refractivity contribution in [2.75, 3.05) is 145 Å². The maximum Gasteiger partial charge on any atom is 0.321 e. The molecule has 0 rings (SSSR count). The Balaban J connectivity index is 6.00. The number of carbonyl (C=O) groups is 9. The van der Waals surface area contributed by atoms with Gasteiger partial charge in [0, 0.05) is 78.2 Å². The minimum Gasteiger partial charge on any atom is -0.480 e. The number of carboxylic acid groups (broad SMARTS) is 5. The highest BCUT2D eigenvalue weighted by molar-refractivity contribution is 5.84. The molecule has 0 aromatic heterocycles. The summed E-state index contributed by atoms with van der Waals surface area (Å²) in [6.45, 7) is 9.62. The van der Waals surface area contributed by atoms with Crippen LogP contribution in [0.4, 0.5) is 0 Å². The van der Waals surface area contributed by atoms with E-state index in [2.05, 4.69) is 26.1 Å². The van der Waals surface area contributed by atoms with E-state index in [1.54, 1.807) is 0 Å². The number of aliphatic carboxylic acids is 5. The van der Waals surface area contributed by atoms with Gasteiger partial charge in [-0.3, -0.25) is 57.9 Å². The van der Waals surface area contributed by atoms with Crippen LogP contribution in [0.1, 0.15) is 311 Å². The Morgan fingerprint density at radius 2 is 0.642 bits per heavy atom. The highest BCUT2D eigenvalue weighted by Crippen LogP contribution is 2.27. The first-order chi connectivity index (χ1) is 51.3. The molecule has 0 aromatic carbocycles. The second-order valence-corrected chi connectivity index (χ2v) is 29.3. The second-order valence-electron chi connectivity index (χ2n) is 29.3. The molecule has 0 saturated heterocycles. The van der Waals surface area contributed by atoms with E-state index in [9.17, 15) is 68.7 Å². The lowest BCUT2D eigenvalue weighted by molar-refractivity contribution is -0.154. The van der Waals surface area contributed by atoms with Gasteiger partial charge in [0.05, 0.1) is 90.9 Å². The molecule has 0 heterocycles. The van der Waals surface area contributed by atoms with E-state index >= 15 is 0 Å². The highest BCUT2D eigenvalue weighted by atomic mass is 16.6. The molecule has 0 saturated carbocycles. The Hall–Kier alpha value is -5.05. The normalized spacial score (nSPS) is 12.0. The molecule has 0 aliphatic heterocycles. The molecule has 0 bridgehead atoms. The molecular formula is C81H152N6O19. The van der Waals surface area contributed by atoms with E-state index in [4.69, 9.17) is 23.7 Å². The summed E-state index contributed by atoms with van der Waals surface area (Å²) in [6, 6.07) is -1.54. The Kier molecular flexibility index (Phi) is 68.1. The number of hydrogen-bond acceptors (Lipinski definition) is 17. The molecular weight excluding hydrogens is 1360 g/mol. The Morgan fingerprint density at radius 3 is 0.943 bits per heavy atom. The zero-order valence-corrected chi connectivity index (χ0v) is 67.2. The van der Waals surface area contributed by atoms with Crippen LogP contribution >= 0.6 is 0 Å². The Labute approximate surface area is 639 Å². The first kappa shape index (κ1) is 101. The third kappa shape index (κ3) is 61.8. The van der Waals surface area contributed by atoms with Crippen LogP contribution in [0.15, 0.2) is 0 Å². The number of amides is 3. The van der Waals surface area contributed by atoms with Crippen molar-refractivity contribution in [1.82, 2.24) is 29.8 Å². The highest BCUT2D eigenvalue weighted by Gasteiger charge is 2.39. The molecule has 0 fully saturated rings. The van der Waals surface area contributed by atoms with Crippen LogP contribution in [0.25, 0.3) is 0 Å². The fraction of sp³-hybridized carbons (Fsp3) is 0.889. The minimum atomic E-state index is -1.54. The largest absolute Gasteiger partial charge is 0.480 e. The van der Waals surface area contributed by atoms with Crippen LogP contribution < -0.4 is 5.32 Å². The number of carbonyl (C=O) groups excluding carboxylic acids is 4. The van der Waals surface area contributed by atoms with Gasteiger partial charge in [0.1, 0.15) is 12.6 Å². The monoisotopic (exact) mass is 1510 g/mol. The molecule has 25 nitrogen and oxygen atoms in total. The number of nitrogens with zero attached hydrogens (tertiary/aromatic N) is 5. The summed E-state index contributed by atoms with van der Waals surface area (Å²) in [7, 11) is 0. The number of nitrogens with one attached hydrogen (secondary N) is 1. The van der Waals surface area contributed by atoms with Crippen molar-refractivity contribution in [2.24, 2.45) is 5.41 Å². The molecule has 0 spiro atoms. The third-order valence-corrected chi connectivity index (χ3v) is 19.6. The fourth-order valence-electron chi connectivity index (χ4n) is 13.3. The van der Waals surface area contributed by atoms with E-state index in [0.29, 0.717) is 32.4 Å². The summed E-state index contributed by atoms with van der Waals surface area (Å²) < 4.78 is 30.0. The number of unbranched alkanes of at least 4 members (excludes halogenated alkanes) is 36. The predicted molar refractivity (Wildman–Crippen MR) is 416 cm³/mol. The van der Waals surface area contributed by atoms with E-state index in [-0.39, 0.29) is 123 Å². The molecule has 620 valence electrons. The van der Waals surface area contributed by atoms with Gasteiger partial charge < -0.3 is 64.3 Å². The lowest BCUT2D eigenvalue weighted by Gasteiger charge is -2.41. The first-order valence-corrected chi connectivity index (χ1v) is 41.8. The van der Waals surface area contributed by atoms with Gasteiger partial charge in [-0.05, 0) is 33.1 Å². The lowest BCUT2D eigenvalue weighted by Crippen LogP contribution is -2.53. The summed E-state index contributed by atoms with van der Waals surface area (Å²) in [5.41, 5.74) is -0.941. The van der Waals surface area contributed by atoms with E-state index in [1.807, 2.05) is 23.6 Å². The zero-order chi connectivity index (χ0) is 78.4. The van der Waals surface area contributed by atoms with Crippen LogP contribution in [0.5, 0.6) is 0 Å². The summed E-state index contributed by atoms with van der Waals surface area (Å²) in [6.07, 6.45) is 47.5. The third-order valence-electron chi connectivity index (χ3n) is 19.6. The number of esters is 1. The van der Waals surface area contributed by atoms with Crippen molar-refractivity contribution in [3.05, 3.63) is 0 Å². The van der Waals surface area contributed by atoms with Crippen LogP contribution in [0.2, 0.25) is 0 Å². The number of rotatable bonds is 82. The molecule has 1 atom stereocenters. The van der Waals surface area contributed by atoms with Gasteiger partial charge in [-0.1, -0.05) is 252 Å². The molecule has 0 aliphatic rings. The van der Waals surface area contributed by atoms with E-state index in [0.717, 1.165) is 74.0 Å². The Morgan fingerprint density at radius 1 is 0.349 bits per heavy atom. The van der Waals surface area contributed by atoms with Crippen molar-refractivity contribution < 1.29 is 92.4 Å². The molecule has 0 aromatic rings. The molecule has 0 radical (unpaired) electrons. The van der Waals surface area contributed by atoms with Crippen LogP contribution in [-0.2, 0) is 66.8 Å². The van der Waals surface area contributed by atoms with E-state index in [1.165, 1.54) is 191 Å². The van der Waals surface area contributed by atoms with Gasteiger partial charge in [0.25, 0.3) is 0 Å². The van der Waals surface area contributed by atoms with Crippen LogP contribution in [0.3, 0.4) is 0 Å². The van der Waals surface area contributed by atoms with Crippen molar-refractivity contribution in [2.45, 2.75) is 317 Å². The molecule has 25 heteroatoms. The maximum absolute atomic E-state index is 14.3. The first-order valence-electron chi connectivity index (χ1n) is 41.8. The summed E-state index contributed by atoms with van der Waals surface area (Å²) >= 11 is 0. The smallest absolute Gasteiger partial charge is 0.321 e. The van der Waals surface area contributed by atoms with Gasteiger partial charge in [-0.2, -0.15) is 0 Å². The predicted octanol–water partition coefficient (Wildman–Crippen LogP) is 13.9. The quantitative estimate of drug-likeness (QED) is 0.0243. The van der Waals surface area contributed by atoms with Crippen LogP contribution in [-0.4, -0.2) is 254 Å². The van der Waals surface area contributed by atoms with Crippen molar-refractivity contribution in [3.8, 4) is 0 Å². The van der Waals surface area contributed by atoms with Gasteiger partial charge in [-0.25, -0.2) is 0 Å². The number of ether oxygens (including phenoxy) is 5. The molecule has 3 amide bonds. The second kappa shape index (κ2) is 71.6. The number of hydrogen-bond donors (Lipinski definition) is 6. The van der Waals surface area contributed by atoms with E-state index < -0.39 is 79.8 Å². The maximum atomic E-state index is 14.3. The summed E-state index contributed by atoms with van der Waals surface area (Å²) in [5, 5.41) is 50.2. The zero-order valence-electron chi connectivity index (χ0n) is 67.2. The average molecular weight is 1510 g/mol. The van der Waals surface area contributed by atoms with Crippen LogP contribution in [0, 0.1) is 5.41 Å². The standard InChI is InChI=1S/C81H152N6O19/c1-6-11-14-17-20-23-26-29-32-35-38-41-44-47-73(89)85(9-4)67-81(70-106-79(99)49-46-43-40-37-34-31-28-25-22-19-16-13-8-3,68-86(10-5)74(90)48-45-42-39-36-33-30-27-24-21-18-15-12-7-2)69-105-61-60-104-59-58-103-57-56-102-55-50-82-72(88)62-71(80(100)101)87(53-51-83(63-75(91)92)64-76(93)94)54-52-84(65-77(95)96)66-78(97)98/h71H,6-70H2,1-5H3,(H,82,88)(H,91,92)(H,93,94)(H,95,96)(H,97,98)(H,100,101). The minimum absolute atomic E-state index is 0.00784. The molecule has 6 N–H and O–H groups in total. The molecule has 0 aliphatic carbocycles.